The van der Waals surface area contributed by atoms with Gasteiger partial charge in [0.2, 0.25) is 10.0 Å². The normalized spacial score (nSPS) is 20.2. The van der Waals surface area contributed by atoms with Crippen molar-refractivity contribution in [3.05, 3.63) is 54.1 Å². The van der Waals surface area contributed by atoms with E-state index in [4.69, 9.17) is 5.14 Å². The van der Waals surface area contributed by atoms with Crippen molar-refractivity contribution < 1.29 is 13.2 Å². The zero-order valence-electron chi connectivity index (χ0n) is 15.2. The number of primary sulfonamides is 1. The molecule has 1 saturated carbocycles. The molecule has 1 aliphatic rings. The minimum absolute atomic E-state index is 0.0567. The van der Waals surface area contributed by atoms with Gasteiger partial charge >= 0.3 is 0 Å². The van der Waals surface area contributed by atoms with Crippen LogP contribution in [0.5, 0.6) is 0 Å². The Kier molecular flexibility index (Phi) is 6.24. The average molecular weight is 405 g/mol. The van der Waals surface area contributed by atoms with E-state index in [-0.39, 0.29) is 16.8 Å². The van der Waals surface area contributed by atoms with Gasteiger partial charge in [0.05, 0.1) is 10.5 Å². The van der Waals surface area contributed by atoms with Gasteiger partial charge in [0.25, 0.3) is 5.91 Å². The van der Waals surface area contributed by atoms with Crippen LogP contribution in [0.3, 0.4) is 0 Å². The van der Waals surface area contributed by atoms with E-state index < -0.39 is 10.0 Å². The number of carbonyl (C=O) groups is 1. The largest absolute Gasteiger partial charge is 0.349 e. The van der Waals surface area contributed by atoms with Crippen molar-refractivity contribution in [2.45, 2.75) is 53.3 Å². The van der Waals surface area contributed by atoms with E-state index in [0.29, 0.717) is 5.56 Å². The highest BCUT2D eigenvalue weighted by Gasteiger charge is 2.21. The number of carbonyl (C=O) groups excluding carboxylic acids is 1. The van der Waals surface area contributed by atoms with Gasteiger partial charge in [-0.1, -0.05) is 30.8 Å². The molecule has 0 bridgehead atoms. The molecule has 3 N–H and O–H groups in total. The van der Waals surface area contributed by atoms with Crippen LogP contribution in [0, 0.1) is 5.92 Å². The third-order valence-corrected chi connectivity index (χ3v) is 6.88. The first-order chi connectivity index (χ1) is 12.8. The van der Waals surface area contributed by atoms with E-state index in [2.05, 4.69) is 12.2 Å². The SMILES string of the molecule is CC1CCC(NC(=O)c2ccccc2Sc2ccc(S(N)(=O)=O)cc2)CC1. The number of nitrogens with one attached hydrogen (secondary N) is 1. The fourth-order valence-electron chi connectivity index (χ4n) is 3.24. The molecule has 0 saturated heterocycles. The Balaban J connectivity index is 1.73. The minimum Gasteiger partial charge on any atom is -0.349 e. The molecule has 0 radical (unpaired) electrons. The summed E-state index contributed by atoms with van der Waals surface area (Å²) in [6.45, 7) is 2.26. The molecule has 0 spiro atoms. The Morgan fingerprint density at radius 2 is 1.67 bits per heavy atom. The van der Waals surface area contributed by atoms with Crippen molar-refractivity contribution in [2.24, 2.45) is 11.1 Å². The summed E-state index contributed by atoms with van der Waals surface area (Å²) in [6.07, 6.45) is 4.35. The second-order valence-corrected chi connectivity index (χ2v) is 9.72. The van der Waals surface area contributed by atoms with E-state index >= 15 is 0 Å². The van der Waals surface area contributed by atoms with Crippen LogP contribution in [0.2, 0.25) is 0 Å². The third kappa shape index (κ3) is 5.34. The number of rotatable bonds is 5. The molecule has 7 heteroatoms. The summed E-state index contributed by atoms with van der Waals surface area (Å²) in [5.41, 5.74) is 0.636. The maximum Gasteiger partial charge on any atom is 0.252 e. The van der Waals surface area contributed by atoms with Crippen molar-refractivity contribution in [1.82, 2.24) is 5.32 Å². The molecule has 2 aromatic carbocycles. The van der Waals surface area contributed by atoms with Crippen LogP contribution in [-0.4, -0.2) is 20.4 Å². The van der Waals surface area contributed by atoms with E-state index in [9.17, 15) is 13.2 Å². The molecule has 0 aromatic heterocycles. The molecule has 0 atom stereocenters. The van der Waals surface area contributed by atoms with Crippen molar-refractivity contribution >= 4 is 27.7 Å². The Labute approximate surface area is 164 Å². The van der Waals surface area contributed by atoms with Gasteiger partial charge in [-0.05, 0) is 68.0 Å². The van der Waals surface area contributed by atoms with Gasteiger partial charge in [0.1, 0.15) is 0 Å². The topological polar surface area (TPSA) is 89.3 Å². The quantitative estimate of drug-likeness (QED) is 0.793. The maximum absolute atomic E-state index is 12.8. The molecular formula is C20H24N2O3S2. The predicted octanol–water partition coefficient (Wildman–Crippen LogP) is 3.79. The zero-order valence-corrected chi connectivity index (χ0v) is 16.9. The summed E-state index contributed by atoms with van der Waals surface area (Å²) in [5.74, 6) is 0.681. The number of hydrogen-bond donors (Lipinski definition) is 2. The highest BCUT2D eigenvalue weighted by atomic mass is 32.2. The first-order valence-corrected chi connectivity index (χ1v) is 11.4. The molecule has 1 amide bonds. The third-order valence-electron chi connectivity index (χ3n) is 4.86. The van der Waals surface area contributed by atoms with Gasteiger partial charge in [-0.25, -0.2) is 13.6 Å². The van der Waals surface area contributed by atoms with Crippen LogP contribution in [0.25, 0.3) is 0 Å². The molecule has 5 nitrogen and oxygen atoms in total. The highest BCUT2D eigenvalue weighted by Crippen LogP contribution is 2.31. The molecule has 0 aliphatic heterocycles. The first kappa shape index (κ1) is 19.9. The molecule has 0 heterocycles. The van der Waals surface area contributed by atoms with E-state index in [1.807, 2.05) is 24.3 Å². The van der Waals surface area contributed by atoms with Gasteiger partial charge in [0, 0.05) is 15.8 Å². The average Bonchev–Trinajstić information content (AvgIpc) is 2.64. The van der Waals surface area contributed by atoms with Gasteiger partial charge < -0.3 is 5.32 Å². The second kappa shape index (κ2) is 8.46. The van der Waals surface area contributed by atoms with E-state index in [1.54, 1.807) is 12.1 Å². The number of amides is 1. The molecule has 0 unspecified atom stereocenters. The van der Waals surface area contributed by atoms with Crippen LogP contribution in [0.1, 0.15) is 43.0 Å². The fourth-order valence-corrected chi connectivity index (χ4v) is 4.69. The van der Waals surface area contributed by atoms with Crippen molar-refractivity contribution in [3.8, 4) is 0 Å². The molecule has 1 aliphatic carbocycles. The Bertz CT molecular complexity index is 903. The van der Waals surface area contributed by atoms with Crippen LogP contribution < -0.4 is 10.5 Å². The summed E-state index contributed by atoms with van der Waals surface area (Å²) in [5, 5.41) is 8.30. The van der Waals surface area contributed by atoms with Crippen LogP contribution in [0.15, 0.2) is 63.2 Å². The van der Waals surface area contributed by atoms with E-state index in [0.717, 1.165) is 41.4 Å². The van der Waals surface area contributed by atoms with Gasteiger partial charge in [-0.3, -0.25) is 4.79 Å². The van der Waals surface area contributed by atoms with Crippen LogP contribution >= 0.6 is 11.8 Å². The summed E-state index contributed by atoms with van der Waals surface area (Å²) in [4.78, 5) is 14.5. The lowest BCUT2D eigenvalue weighted by Crippen LogP contribution is -2.37. The minimum atomic E-state index is -3.71. The van der Waals surface area contributed by atoms with Crippen molar-refractivity contribution in [1.29, 1.82) is 0 Å². The number of hydrogen-bond acceptors (Lipinski definition) is 4. The zero-order chi connectivity index (χ0) is 19.4. The summed E-state index contributed by atoms with van der Waals surface area (Å²) in [7, 11) is -3.71. The summed E-state index contributed by atoms with van der Waals surface area (Å²) in [6, 6.07) is 14.0. The number of nitrogens with two attached hydrogens (primary N) is 1. The first-order valence-electron chi connectivity index (χ1n) is 9.03. The summed E-state index contributed by atoms with van der Waals surface area (Å²) < 4.78 is 22.7. The van der Waals surface area contributed by atoms with Gasteiger partial charge in [-0.2, -0.15) is 0 Å². The monoisotopic (exact) mass is 404 g/mol. The Morgan fingerprint density at radius 1 is 1.04 bits per heavy atom. The molecule has 2 aromatic rings. The highest BCUT2D eigenvalue weighted by molar-refractivity contribution is 7.99. The molecule has 1 fully saturated rings. The maximum atomic E-state index is 12.8. The smallest absolute Gasteiger partial charge is 0.252 e. The Morgan fingerprint density at radius 3 is 2.30 bits per heavy atom. The fraction of sp³-hybridized carbons (Fsp3) is 0.350. The number of sulfonamides is 1. The molecule has 144 valence electrons. The van der Waals surface area contributed by atoms with Crippen molar-refractivity contribution in [2.75, 3.05) is 0 Å². The van der Waals surface area contributed by atoms with Gasteiger partial charge in [0.15, 0.2) is 0 Å². The second-order valence-electron chi connectivity index (χ2n) is 7.04. The van der Waals surface area contributed by atoms with Crippen molar-refractivity contribution in [3.63, 3.8) is 0 Å². The van der Waals surface area contributed by atoms with Crippen LogP contribution in [0.4, 0.5) is 0 Å². The van der Waals surface area contributed by atoms with Crippen LogP contribution in [-0.2, 0) is 10.0 Å². The Hall–Kier alpha value is -1.83. The standard InChI is InChI=1S/C20H24N2O3S2/c1-14-6-8-15(9-7-14)22-20(23)18-4-2-3-5-19(18)26-16-10-12-17(13-11-16)27(21,24)25/h2-5,10-15H,6-9H2,1H3,(H,22,23)(H2,21,24,25). The van der Waals surface area contributed by atoms with E-state index in [1.165, 1.54) is 23.9 Å². The molecule has 27 heavy (non-hydrogen) atoms. The summed E-state index contributed by atoms with van der Waals surface area (Å²) >= 11 is 1.43. The number of benzene rings is 2. The molecular weight excluding hydrogens is 380 g/mol. The van der Waals surface area contributed by atoms with Gasteiger partial charge in [-0.15, -0.1) is 0 Å². The molecule has 3 rings (SSSR count). The predicted molar refractivity (Wildman–Crippen MR) is 107 cm³/mol. The lowest BCUT2D eigenvalue weighted by molar-refractivity contribution is 0.0920. The lowest BCUT2D eigenvalue weighted by Gasteiger charge is -2.27. The lowest BCUT2D eigenvalue weighted by atomic mass is 9.87.